The van der Waals surface area contributed by atoms with Gasteiger partial charge in [-0.2, -0.15) is 0 Å². The highest BCUT2D eigenvalue weighted by Crippen LogP contribution is 2.31. The Kier molecular flexibility index (Phi) is 3.66. The highest BCUT2D eigenvalue weighted by Gasteiger charge is 2.26. The number of benzene rings is 1. The molecule has 98 valence electrons. The Balaban J connectivity index is 2.12. The van der Waals surface area contributed by atoms with E-state index in [0.29, 0.717) is 18.4 Å². The van der Waals surface area contributed by atoms with Crippen molar-refractivity contribution in [1.29, 1.82) is 0 Å². The molecule has 1 aromatic rings. The molecule has 0 radical (unpaired) electrons. The van der Waals surface area contributed by atoms with Gasteiger partial charge in [0.1, 0.15) is 0 Å². The fraction of sp³-hybridized carbons (Fsp3) is 0.500. The van der Waals surface area contributed by atoms with Crippen LogP contribution < -0.4 is 15.8 Å². The average molecular weight is 251 g/mol. The van der Waals surface area contributed by atoms with Gasteiger partial charge in [-0.25, -0.2) is 0 Å². The molecule has 1 aromatic carbocycles. The Hall–Kier alpha value is -1.82. The van der Waals surface area contributed by atoms with Crippen molar-refractivity contribution in [2.45, 2.75) is 31.8 Å². The summed E-state index contributed by atoms with van der Waals surface area (Å²) in [5.41, 5.74) is 6.54. The minimum absolute atomic E-state index is 0.00675. The summed E-state index contributed by atoms with van der Waals surface area (Å²) in [5.74, 6) is 0.302. The van der Waals surface area contributed by atoms with E-state index in [1.807, 2.05) is 0 Å². The zero-order valence-electron chi connectivity index (χ0n) is 10.3. The molecule has 0 atom stereocenters. The molecule has 1 saturated carbocycles. The van der Waals surface area contributed by atoms with Crippen LogP contribution in [0.15, 0.2) is 18.2 Å². The fourth-order valence-corrected chi connectivity index (χ4v) is 2.04. The van der Waals surface area contributed by atoms with Crippen LogP contribution in [0.25, 0.3) is 0 Å². The fourth-order valence-electron chi connectivity index (χ4n) is 2.04. The average Bonchev–Trinajstić information content (AvgIpc) is 2.27. The maximum Gasteiger partial charge on any atom is 0.311 e. The maximum absolute atomic E-state index is 10.8. The molecule has 0 saturated heterocycles. The van der Waals surface area contributed by atoms with Crippen molar-refractivity contribution in [2.75, 3.05) is 11.9 Å². The standard InChI is InChI=1S/C12H17N3O3/c1-2-18-12-7-9(3-4-11(12)15(16)17)14-10-5-8(13)6-10/h3-4,7-8,10,14H,2,5-6,13H2,1H3. The zero-order chi connectivity index (χ0) is 13.1. The molecule has 0 amide bonds. The van der Waals surface area contributed by atoms with Crippen LogP contribution in [-0.2, 0) is 0 Å². The first-order chi connectivity index (χ1) is 8.60. The van der Waals surface area contributed by atoms with Crippen molar-refractivity contribution >= 4 is 11.4 Å². The van der Waals surface area contributed by atoms with Crippen LogP contribution in [0.5, 0.6) is 5.75 Å². The van der Waals surface area contributed by atoms with E-state index in [2.05, 4.69) is 5.32 Å². The van der Waals surface area contributed by atoms with Crippen LogP contribution in [0.3, 0.4) is 0 Å². The first-order valence-corrected chi connectivity index (χ1v) is 6.03. The van der Waals surface area contributed by atoms with Crippen LogP contribution in [-0.4, -0.2) is 23.6 Å². The second kappa shape index (κ2) is 5.22. The number of hydrogen-bond acceptors (Lipinski definition) is 5. The third kappa shape index (κ3) is 2.70. The predicted octanol–water partition coefficient (Wildman–Crippen LogP) is 1.90. The molecular formula is C12H17N3O3. The molecule has 0 bridgehead atoms. The topological polar surface area (TPSA) is 90.4 Å². The smallest absolute Gasteiger partial charge is 0.311 e. The minimum atomic E-state index is -0.436. The lowest BCUT2D eigenvalue weighted by Gasteiger charge is -2.33. The Bertz CT molecular complexity index is 444. The van der Waals surface area contributed by atoms with Crippen LogP contribution in [0.1, 0.15) is 19.8 Å². The summed E-state index contributed by atoms with van der Waals surface area (Å²) in [6.45, 7) is 2.20. The molecule has 0 aliphatic heterocycles. The first-order valence-electron chi connectivity index (χ1n) is 6.03. The molecular weight excluding hydrogens is 234 g/mol. The SMILES string of the molecule is CCOc1cc(NC2CC(N)C2)ccc1[N+](=O)[O-]. The van der Waals surface area contributed by atoms with Gasteiger partial charge in [0.15, 0.2) is 5.75 Å². The number of nitro benzene ring substituents is 1. The monoisotopic (exact) mass is 251 g/mol. The van der Waals surface area contributed by atoms with Gasteiger partial charge in [-0.1, -0.05) is 0 Å². The normalized spacial score (nSPS) is 22.1. The Morgan fingerprint density at radius 2 is 2.28 bits per heavy atom. The van der Waals surface area contributed by atoms with Gasteiger partial charge in [0, 0.05) is 29.9 Å². The van der Waals surface area contributed by atoms with E-state index in [1.54, 1.807) is 19.1 Å². The summed E-state index contributed by atoms with van der Waals surface area (Å²) < 4.78 is 5.29. The highest BCUT2D eigenvalue weighted by molar-refractivity contribution is 5.58. The van der Waals surface area contributed by atoms with E-state index < -0.39 is 4.92 Å². The summed E-state index contributed by atoms with van der Waals surface area (Å²) in [5, 5.41) is 14.1. The van der Waals surface area contributed by atoms with Gasteiger partial charge in [0.05, 0.1) is 11.5 Å². The maximum atomic E-state index is 10.8. The molecule has 0 aromatic heterocycles. The molecule has 0 spiro atoms. The quantitative estimate of drug-likeness (QED) is 0.616. The van der Waals surface area contributed by atoms with Gasteiger partial charge in [0.25, 0.3) is 0 Å². The Labute approximate surface area is 105 Å². The number of nitrogens with zero attached hydrogens (tertiary/aromatic N) is 1. The largest absolute Gasteiger partial charge is 0.487 e. The molecule has 6 heteroatoms. The second-order valence-corrected chi connectivity index (χ2v) is 4.45. The van der Waals surface area contributed by atoms with Crippen molar-refractivity contribution in [3.63, 3.8) is 0 Å². The number of nitro groups is 1. The summed E-state index contributed by atoms with van der Waals surface area (Å²) in [7, 11) is 0. The molecule has 0 heterocycles. The van der Waals surface area contributed by atoms with Gasteiger partial charge in [-0.3, -0.25) is 10.1 Å². The molecule has 18 heavy (non-hydrogen) atoms. The number of anilines is 1. The van der Waals surface area contributed by atoms with Crippen LogP contribution in [0.2, 0.25) is 0 Å². The van der Waals surface area contributed by atoms with Crippen molar-refractivity contribution in [3.05, 3.63) is 28.3 Å². The lowest BCUT2D eigenvalue weighted by Crippen LogP contribution is -2.44. The highest BCUT2D eigenvalue weighted by atomic mass is 16.6. The van der Waals surface area contributed by atoms with Gasteiger partial charge in [-0.15, -0.1) is 0 Å². The third-order valence-electron chi connectivity index (χ3n) is 3.00. The van der Waals surface area contributed by atoms with Gasteiger partial charge >= 0.3 is 5.69 Å². The number of nitrogens with one attached hydrogen (secondary N) is 1. The van der Waals surface area contributed by atoms with Gasteiger partial charge in [0.2, 0.25) is 0 Å². The number of hydrogen-bond donors (Lipinski definition) is 2. The summed E-state index contributed by atoms with van der Waals surface area (Å²) in [4.78, 5) is 10.4. The summed E-state index contributed by atoms with van der Waals surface area (Å²) in [6.07, 6.45) is 1.86. The summed E-state index contributed by atoms with van der Waals surface area (Å²) in [6, 6.07) is 5.46. The van der Waals surface area contributed by atoms with E-state index in [4.69, 9.17) is 10.5 Å². The molecule has 1 fully saturated rings. The van der Waals surface area contributed by atoms with Gasteiger partial charge < -0.3 is 15.8 Å². The zero-order valence-corrected chi connectivity index (χ0v) is 10.3. The third-order valence-corrected chi connectivity index (χ3v) is 3.00. The van der Waals surface area contributed by atoms with Crippen LogP contribution in [0, 0.1) is 10.1 Å². The molecule has 6 nitrogen and oxygen atoms in total. The van der Waals surface area contributed by atoms with Crippen molar-refractivity contribution in [2.24, 2.45) is 5.73 Å². The summed E-state index contributed by atoms with van der Waals surface area (Å²) >= 11 is 0. The number of rotatable bonds is 5. The molecule has 3 N–H and O–H groups in total. The van der Waals surface area contributed by atoms with Crippen molar-refractivity contribution in [1.82, 2.24) is 0 Å². The molecule has 1 aliphatic rings. The van der Waals surface area contributed by atoms with Crippen LogP contribution >= 0.6 is 0 Å². The Morgan fingerprint density at radius 1 is 1.56 bits per heavy atom. The van der Waals surface area contributed by atoms with Crippen molar-refractivity contribution < 1.29 is 9.66 Å². The molecule has 1 aliphatic carbocycles. The van der Waals surface area contributed by atoms with Crippen LogP contribution in [0.4, 0.5) is 11.4 Å². The number of ether oxygens (including phenoxy) is 1. The van der Waals surface area contributed by atoms with E-state index >= 15 is 0 Å². The number of nitrogens with two attached hydrogens (primary N) is 1. The predicted molar refractivity (Wildman–Crippen MR) is 68.9 cm³/mol. The lowest BCUT2D eigenvalue weighted by molar-refractivity contribution is -0.385. The van der Waals surface area contributed by atoms with E-state index in [9.17, 15) is 10.1 Å². The van der Waals surface area contributed by atoms with E-state index in [-0.39, 0.29) is 11.7 Å². The lowest BCUT2D eigenvalue weighted by atomic mass is 9.87. The van der Waals surface area contributed by atoms with E-state index in [1.165, 1.54) is 6.07 Å². The molecule has 0 unspecified atom stereocenters. The van der Waals surface area contributed by atoms with Gasteiger partial charge in [-0.05, 0) is 25.8 Å². The second-order valence-electron chi connectivity index (χ2n) is 4.45. The first kappa shape index (κ1) is 12.6. The minimum Gasteiger partial charge on any atom is -0.487 e. The molecule has 2 rings (SSSR count). The van der Waals surface area contributed by atoms with Crippen molar-refractivity contribution in [3.8, 4) is 5.75 Å². The Morgan fingerprint density at radius 3 is 2.83 bits per heavy atom. The van der Waals surface area contributed by atoms with E-state index in [0.717, 1.165) is 18.5 Å².